The summed E-state index contributed by atoms with van der Waals surface area (Å²) in [5, 5.41) is 12.1. The number of rotatable bonds is 4. The van der Waals surface area contributed by atoms with Crippen LogP contribution in [0.3, 0.4) is 0 Å². The van der Waals surface area contributed by atoms with Gasteiger partial charge in [-0.2, -0.15) is 0 Å². The topological polar surface area (TPSA) is 88.4 Å². The fourth-order valence-corrected chi connectivity index (χ4v) is 2.17. The fourth-order valence-electron chi connectivity index (χ4n) is 1.69. The number of hydrazine groups is 1. The summed E-state index contributed by atoms with van der Waals surface area (Å²) >= 11 is 3.21. The molecule has 1 aromatic carbocycles. The fraction of sp³-hybridized carbons (Fsp3) is 0.0769. The largest absolute Gasteiger partial charge is 0.291 e. The number of nitro benzene ring substituents is 1. The molecule has 0 spiro atoms. The summed E-state index contributed by atoms with van der Waals surface area (Å²) in [7, 11) is 0. The normalized spacial score (nSPS) is 10.0. The van der Waals surface area contributed by atoms with Crippen LogP contribution >= 0.6 is 15.9 Å². The van der Waals surface area contributed by atoms with Gasteiger partial charge in [0.25, 0.3) is 5.69 Å². The smallest absolute Gasteiger partial charge is 0.272 e. The number of hydrogen-bond donors (Lipinski definition) is 1. The van der Waals surface area contributed by atoms with E-state index in [4.69, 9.17) is 0 Å². The van der Waals surface area contributed by atoms with Crippen molar-refractivity contribution in [1.82, 2.24) is 4.98 Å². The van der Waals surface area contributed by atoms with Crippen LogP contribution in [0.1, 0.15) is 6.92 Å². The Morgan fingerprint density at radius 2 is 2.00 bits per heavy atom. The highest BCUT2D eigenvalue weighted by Gasteiger charge is 2.14. The lowest BCUT2D eigenvalue weighted by molar-refractivity contribution is -0.384. The van der Waals surface area contributed by atoms with Gasteiger partial charge in [-0.05, 0) is 18.2 Å². The number of anilines is 2. The minimum atomic E-state index is -0.500. The van der Waals surface area contributed by atoms with Crippen molar-refractivity contribution >= 4 is 38.9 Å². The molecular weight excluding hydrogens is 340 g/mol. The monoisotopic (exact) mass is 350 g/mol. The van der Waals surface area contributed by atoms with Crippen LogP contribution in [0.4, 0.5) is 17.1 Å². The van der Waals surface area contributed by atoms with Crippen molar-refractivity contribution in [2.24, 2.45) is 0 Å². The van der Waals surface area contributed by atoms with Gasteiger partial charge in [0.05, 0.1) is 16.3 Å². The number of nitro groups is 1. The summed E-state index contributed by atoms with van der Waals surface area (Å²) in [5.41, 5.74) is 3.78. The van der Waals surface area contributed by atoms with Gasteiger partial charge in [0.2, 0.25) is 5.91 Å². The van der Waals surface area contributed by atoms with Gasteiger partial charge in [-0.1, -0.05) is 15.9 Å². The number of nitrogens with one attached hydrogen (secondary N) is 1. The van der Waals surface area contributed by atoms with Crippen molar-refractivity contribution in [3.05, 3.63) is 57.3 Å². The zero-order chi connectivity index (χ0) is 15.4. The third-order valence-corrected chi connectivity index (χ3v) is 3.03. The zero-order valence-electron chi connectivity index (χ0n) is 11.0. The maximum absolute atomic E-state index is 11.7. The highest BCUT2D eigenvalue weighted by atomic mass is 79.9. The molecule has 0 unspecified atom stereocenters. The summed E-state index contributed by atoms with van der Waals surface area (Å²) in [5.74, 6) is -0.260. The summed E-state index contributed by atoms with van der Waals surface area (Å²) in [6.45, 7) is 1.39. The van der Waals surface area contributed by atoms with E-state index in [2.05, 4.69) is 26.3 Å². The van der Waals surface area contributed by atoms with Crippen molar-refractivity contribution in [2.75, 3.05) is 10.4 Å². The molecule has 0 saturated heterocycles. The van der Waals surface area contributed by atoms with Crippen LogP contribution in [0.2, 0.25) is 0 Å². The van der Waals surface area contributed by atoms with Crippen LogP contribution in [0.5, 0.6) is 0 Å². The first-order valence-electron chi connectivity index (χ1n) is 5.90. The average Bonchev–Trinajstić information content (AvgIpc) is 2.44. The van der Waals surface area contributed by atoms with Crippen molar-refractivity contribution < 1.29 is 9.72 Å². The van der Waals surface area contributed by atoms with Crippen LogP contribution in [-0.2, 0) is 4.79 Å². The Balaban J connectivity index is 2.34. The van der Waals surface area contributed by atoms with Crippen molar-refractivity contribution in [2.45, 2.75) is 6.92 Å². The van der Waals surface area contributed by atoms with Gasteiger partial charge in [0, 0.05) is 35.9 Å². The van der Waals surface area contributed by atoms with E-state index >= 15 is 0 Å². The molecule has 0 fully saturated rings. The number of benzene rings is 1. The number of nitrogens with zero attached hydrogens (tertiary/aromatic N) is 3. The Hall–Kier alpha value is -2.48. The number of hydrogen-bond acceptors (Lipinski definition) is 5. The zero-order valence-corrected chi connectivity index (χ0v) is 12.6. The van der Waals surface area contributed by atoms with Crippen molar-refractivity contribution in [3.8, 4) is 0 Å². The predicted octanol–water partition coefficient (Wildman–Crippen LogP) is 3.13. The van der Waals surface area contributed by atoms with Crippen molar-refractivity contribution in [3.63, 3.8) is 0 Å². The van der Waals surface area contributed by atoms with E-state index in [1.807, 2.05) is 0 Å². The van der Waals surface area contributed by atoms with Gasteiger partial charge < -0.3 is 0 Å². The lowest BCUT2D eigenvalue weighted by atomic mass is 10.3. The number of pyridine rings is 1. The molecule has 1 amide bonds. The van der Waals surface area contributed by atoms with E-state index in [1.165, 1.54) is 24.1 Å². The molecule has 1 heterocycles. The molecule has 0 saturated carbocycles. The van der Waals surface area contributed by atoms with Gasteiger partial charge in [-0.25, -0.2) is 5.01 Å². The third-order valence-electron chi connectivity index (χ3n) is 2.57. The third kappa shape index (κ3) is 3.76. The number of carbonyl (C=O) groups is 1. The molecule has 0 radical (unpaired) electrons. The van der Waals surface area contributed by atoms with Gasteiger partial charge in [-0.3, -0.25) is 25.3 Å². The molecule has 7 nitrogen and oxygen atoms in total. The number of carbonyl (C=O) groups excluding carboxylic acids is 1. The molecular formula is C13H11BrN4O3. The van der Waals surface area contributed by atoms with Gasteiger partial charge in [0.15, 0.2) is 0 Å². The first-order valence-corrected chi connectivity index (χ1v) is 6.69. The van der Waals surface area contributed by atoms with E-state index in [1.54, 1.807) is 30.6 Å². The van der Waals surface area contributed by atoms with Gasteiger partial charge in [-0.15, -0.1) is 0 Å². The second kappa shape index (κ2) is 6.31. The average molecular weight is 351 g/mol. The highest BCUT2D eigenvalue weighted by Crippen LogP contribution is 2.26. The Bertz CT molecular complexity index is 678. The van der Waals surface area contributed by atoms with Crippen LogP contribution in [0.25, 0.3) is 0 Å². The van der Waals surface area contributed by atoms with Crippen LogP contribution in [0.15, 0.2) is 47.2 Å². The maximum Gasteiger partial charge on any atom is 0.272 e. The standard InChI is InChI=1S/C13H11BrN4O3/c1-9(19)17(12-2-4-15-5-3-12)16-11-6-10(14)7-13(8-11)18(20)21/h2-8,16H,1H3. The van der Waals surface area contributed by atoms with E-state index in [0.717, 1.165) is 0 Å². The van der Waals surface area contributed by atoms with E-state index in [9.17, 15) is 14.9 Å². The molecule has 1 aromatic heterocycles. The van der Waals surface area contributed by atoms with Crippen LogP contribution in [0, 0.1) is 10.1 Å². The first-order chi connectivity index (χ1) is 9.97. The van der Waals surface area contributed by atoms with Crippen molar-refractivity contribution in [1.29, 1.82) is 0 Å². The molecule has 2 aromatic rings. The van der Waals surface area contributed by atoms with Crippen LogP contribution in [-0.4, -0.2) is 15.8 Å². The minimum absolute atomic E-state index is 0.0786. The van der Waals surface area contributed by atoms with Gasteiger partial charge in [0.1, 0.15) is 0 Å². The quantitative estimate of drug-likeness (QED) is 0.675. The summed E-state index contributed by atoms with van der Waals surface area (Å²) < 4.78 is 0.539. The van der Waals surface area contributed by atoms with E-state index < -0.39 is 4.92 Å². The second-order valence-electron chi connectivity index (χ2n) is 4.13. The Labute approximate surface area is 128 Å². The lowest BCUT2D eigenvalue weighted by Gasteiger charge is -2.22. The van der Waals surface area contributed by atoms with E-state index in [-0.39, 0.29) is 11.6 Å². The molecule has 0 aliphatic rings. The Morgan fingerprint density at radius 3 is 2.57 bits per heavy atom. The number of non-ortho nitro benzene ring substituents is 1. The summed E-state index contributed by atoms with van der Waals surface area (Å²) in [4.78, 5) is 26.0. The molecule has 8 heteroatoms. The summed E-state index contributed by atoms with van der Waals surface area (Å²) in [6.07, 6.45) is 3.10. The molecule has 1 N–H and O–H groups in total. The molecule has 0 aliphatic carbocycles. The molecule has 0 aliphatic heterocycles. The van der Waals surface area contributed by atoms with Gasteiger partial charge >= 0.3 is 0 Å². The maximum atomic E-state index is 11.7. The molecule has 21 heavy (non-hydrogen) atoms. The molecule has 2 rings (SSSR count). The number of amides is 1. The summed E-state index contributed by atoms with van der Waals surface area (Å²) in [6, 6.07) is 7.68. The molecule has 108 valence electrons. The highest BCUT2D eigenvalue weighted by molar-refractivity contribution is 9.10. The first kappa shape index (κ1) is 14.9. The Kier molecular flexibility index (Phi) is 4.49. The number of halogens is 1. The minimum Gasteiger partial charge on any atom is -0.291 e. The molecule has 0 atom stereocenters. The second-order valence-corrected chi connectivity index (χ2v) is 5.04. The van der Waals surface area contributed by atoms with Crippen LogP contribution < -0.4 is 10.4 Å². The Morgan fingerprint density at radius 1 is 1.33 bits per heavy atom. The SMILES string of the molecule is CC(=O)N(Nc1cc(Br)cc([N+](=O)[O-])c1)c1ccncc1. The molecule has 0 bridgehead atoms. The number of aromatic nitrogens is 1. The van der Waals surface area contributed by atoms with E-state index in [0.29, 0.717) is 15.8 Å². The predicted molar refractivity (Wildman–Crippen MR) is 81.8 cm³/mol. The lowest BCUT2D eigenvalue weighted by Crippen LogP contribution is -2.34.